The lowest BCUT2D eigenvalue weighted by Crippen LogP contribution is -2.07. The van der Waals surface area contributed by atoms with Crippen molar-refractivity contribution in [3.8, 4) is 11.5 Å². The van der Waals surface area contributed by atoms with E-state index in [2.05, 4.69) is 17.2 Å². The third kappa shape index (κ3) is 8.15. The van der Waals surface area contributed by atoms with Crippen molar-refractivity contribution >= 4 is 17.3 Å². The maximum absolute atomic E-state index is 14.3. The average molecular weight is 449 g/mol. The number of unbranched alkanes of at least 4 members (excludes halogenated alkanes) is 5. The fourth-order valence-electron chi connectivity index (χ4n) is 3.17. The van der Waals surface area contributed by atoms with Gasteiger partial charge in [-0.05, 0) is 55.0 Å². The minimum absolute atomic E-state index is 0.226. The smallest absolute Gasteiger partial charge is 0.343 e. The summed E-state index contributed by atoms with van der Waals surface area (Å²) in [7, 11) is 0. The van der Waals surface area contributed by atoms with E-state index in [4.69, 9.17) is 9.47 Å². The van der Waals surface area contributed by atoms with Gasteiger partial charge in [-0.3, -0.25) is 0 Å². The predicted molar refractivity (Wildman–Crippen MR) is 127 cm³/mol. The SMILES string of the molecule is CCCCCCCCOc1ccc(N=Nc2ccc(C(=O)Oc3ccccc3)cc2)cc1F. The van der Waals surface area contributed by atoms with Crippen LogP contribution in [0.2, 0.25) is 0 Å². The zero-order valence-electron chi connectivity index (χ0n) is 18.9. The fourth-order valence-corrected chi connectivity index (χ4v) is 3.17. The van der Waals surface area contributed by atoms with E-state index in [0.29, 0.717) is 29.3 Å². The maximum Gasteiger partial charge on any atom is 0.343 e. The highest BCUT2D eigenvalue weighted by Gasteiger charge is 2.08. The minimum Gasteiger partial charge on any atom is -0.491 e. The van der Waals surface area contributed by atoms with Gasteiger partial charge in [0.2, 0.25) is 0 Å². The molecule has 0 unspecified atom stereocenters. The molecule has 0 heterocycles. The van der Waals surface area contributed by atoms with Crippen molar-refractivity contribution in [2.45, 2.75) is 45.4 Å². The van der Waals surface area contributed by atoms with Gasteiger partial charge in [0, 0.05) is 6.07 Å². The lowest BCUT2D eigenvalue weighted by Gasteiger charge is -2.07. The summed E-state index contributed by atoms with van der Waals surface area (Å²) in [4.78, 5) is 12.2. The van der Waals surface area contributed by atoms with Crippen molar-refractivity contribution in [1.29, 1.82) is 0 Å². The molecular formula is C27H29FN2O3. The highest BCUT2D eigenvalue weighted by molar-refractivity contribution is 5.91. The summed E-state index contributed by atoms with van der Waals surface area (Å²) < 4.78 is 25.1. The van der Waals surface area contributed by atoms with Gasteiger partial charge >= 0.3 is 5.97 Å². The van der Waals surface area contributed by atoms with Crippen LogP contribution in [0.25, 0.3) is 0 Å². The topological polar surface area (TPSA) is 60.2 Å². The molecule has 0 radical (unpaired) electrons. The van der Waals surface area contributed by atoms with E-state index in [0.717, 1.165) is 12.8 Å². The van der Waals surface area contributed by atoms with Gasteiger partial charge in [0.05, 0.1) is 23.5 Å². The van der Waals surface area contributed by atoms with Crippen LogP contribution in [-0.4, -0.2) is 12.6 Å². The first-order chi connectivity index (χ1) is 16.2. The van der Waals surface area contributed by atoms with E-state index >= 15 is 0 Å². The van der Waals surface area contributed by atoms with Gasteiger partial charge in [-0.15, -0.1) is 0 Å². The quantitative estimate of drug-likeness (QED) is 0.121. The molecule has 5 nitrogen and oxygen atoms in total. The number of azo groups is 1. The number of benzene rings is 3. The van der Waals surface area contributed by atoms with Gasteiger partial charge in [0.1, 0.15) is 5.75 Å². The summed E-state index contributed by atoms with van der Waals surface area (Å²) in [5, 5.41) is 8.18. The standard InChI is InChI=1S/C27H29FN2O3/c1-2-3-4-5-6-10-19-32-26-18-17-23(20-25(26)28)30-29-22-15-13-21(14-16-22)27(31)33-24-11-8-7-9-12-24/h7-9,11-18,20H,2-6,10,19H2,1H3. The number of rotatable bonds is 12. The van der Waals surface area contributed by atoms with Gasteiger partial charge < -0.3 is 9.47 Å². The third-order valence-corrected chi connectivity index (χ3v) is 5.01. The predicted octanol–water partition coefficient (Wildman–Crippen LogP) is 8.20. The zero-order valence-corrected chi connectivity index (χ0v) is 18.9. The molecule has 0 N–H and O–H groups in total. The summed E-state index contributed by atoms with van der Waals surface area (Å²) >= 11 is 0. The van der Waals surface area contributed by atoms with Crippen molar-refractivity contribution in [3.63, 3.8) is 0 Å². The summed E-state index contributed by atoms with van der Waals surface area (Å²) in [6, 6.07) is 19.9. The van der Waals surface area contributed by atoms with Crippen molar-refractivity contribution in [1.82, 2.24) is 0 Å². The second-order valence-electron chi connectivity index (χ2n) is 7.68. The van der Waals surface area contributed by atoms with E-state index in [1.165, 1.54) is 31.7 Å². The Labute approximate surface area is 194 Å². The lowest BCUT2D eigenvalue weighted by molar-refractivity contribution is 0.0735. The molecule has 0 bridgehead atoms. The molecule has 3 aromatic rings. The van der Waals surface area contributed by atoms with E-state index in [1.54, 1.807) is 60.7 Å². The summed E-state index contributed by atoms with van der Waals surface area (Å²) in [5.74, 6) is -0.212. The van der Waals surface area contributed by atoms with Crippen LogP contribution in [0.15, 0.2) is 83.0 Å². The molecule has 0 saturated carbocycles. The van der Waals surface area contributed by atoms with Gasteiger partial charge in [-0.1, -0.05) is 57.2 Å². The molecule has 0 atom stereocenters. The Hall–Kier alpha value is -3.54. The molecule has 0 aliphatic heterocycles. The second kappa shape index (κ2) is 13.1. The van der Waals surface area contributed by atoms with Crippen LogP contribution in [0.4, 0.5) is 15.8 Å². The Morgan fingerprint density at radius 2 is 1.48 bits per heavy atom. The number of carbonyl (C=O) groups excluding carboxylic acids is 1. The molecule has 6 heteroatoms. The minimum atomic E-state index is -0.462. The largest absolute Gasteiger partial charge is 0.491 e. The highest BCUT2D eigenvalue weighted by Crippen LogP contribution is 2.25. The Kier molecular flexibility index (Phi) is 9.58. The van der Waals surface area contributed by atoms with E-state index in [9.17, 15) is 9.18 Å². The van der Waals surface area contributed by atoms with Crippen LogP contribution >= 0.6 is 0 Å². The van der Waals surface area contributed by atoms with Gasteiger partial charge in [0.25, 0.3) is 0 Å². The van der Waals surface area contributed by atoms with Crippen molar-refractivity contribution in [3.05, 3.63) is 84.2 Å². The van der Waals surface area contributed by atoms with Crippen LogP contribution in [0.1, 0.15) is 55.8 Å². The van der Waals surface area contributed by atoms with Crippen molar-refractivity contribution in [2.75, 3.05) is 6.61 Å². The molecule has 0 amide bonds. The molecule has 172 valence electrons. The Balaban J connectivity index is 1.49. The number of nitrogens with zero attached hydrogens (tertiary/aromatic N) is 2. The molecular weight excluding hydrogens is 419 g/mol. The first kappa shape index (κ1) is 24.1. The Morgan fingerprint density at radius 1 is 0.818 bits per heavy atom. The third-order valence-electron chi connectivity index (χ3n) is 5.01. The van der Waals surface area contributed by atoms with E-state index in [1.807, 2.05) is 6.07 Å². The molecule has 3 rings (SSSR count). The van der Waals surface area contributed by atoms with Crippen molar-refractivity contribution < 1.29 is 18.7 Å². The zero-order chi connectivity index (χ0) is 23.3. The molecule has 0 aliphatic rings. The molecule has 3 aromatic carbocycles. The number of para-hydroxylation sites is 1. The summed E-state index contributed by atoms with van der Waals surface area (Å²) in [6.45, 7) is 2.69. The highest BCUT2D eigenvalue weighted by atomic mass is 19.1. The van der Waals surface area contributed by atoms with Crippen LogP contribution in [-0.2, 0) is 0 Å². The van der Waals surface area contributed by atoms with Gasteiger partial charge in [-0.25, -0.2) is 9.18 Å². The Bertz CT molecular complexity index is 1040. The summed E-state index contributed by atoms with van der Waals surface area (Å²) in [6.07, 6.45) is 6.92. The maximum atomic E-state index is 14.3. The van der Waals surface area contributed by atoms with Gasteiger partial charge in [0.15, 0.2) is 11.6 Å². The number of hydrogen-bond donors (Lipinski definition) is 0. The average Bonchev–Trinajstić information content (AvgIpc) is 2.84. The normalized spacial score (nSPS) is 11.0. The monoisotopic (exact) mass is 448 g/mol. The molecule has 0 aliphatic carbocycles. The number of halogens is 1. The van der Waals surface area contributed by atoms with Crippen molar-refractivity contribution in [2.24, 2.45) is 10.2 Å². The second-order valence-corrected chi connectivity index (χ2v) is 7.68. The molecule has 0 aromatic heterocycles. The number of esters is 1. The first-order valence-corrected chi connectivity index (χ1v) is 11.4. The number of carbonyl (C=O) groups is 1. The molecule has 33 heavy (non-hydrogen) atoms. The summed E-state index contributed by atoms with van der Waals surface area (Å²) in [5.41, 5.74) is 1.32. The Morgan fingerprint density at radius 3 is 2.21 bits per heavy atom. The number of ether oxygens (including phenoxy) is 2. The molecule has 0 fully saturated rings. The van der Waals surface area contributed by atoms with Crippen LogP contribution in [0, 0.1) is 5.82 Å². The molecule has 0 saturated heterocycles. The molecule has 0 spiro atoms. The van der Waals surface area contributed by atoms with E-state index in [-0.39, 0.29) is 5.75 Å². The number of hydrogen-bond acceptors (Lipinski definition) is 5. The lowest BCUT2D eigenvalue weighted by atomic mass is 10.1. The first-order valence-electron chi connectivity index (χ1n) is 11.4. The van der Waals surface area contributed by atoms with E-state index < -0.39 is 11.8 Å². The van der Waals surface area contributed by atoms with Crippen LogP contribution in [0.3, 0.4) is 0 Å². The van der Waals surface area contributed by atoms with Crippen LogP contribution in [0.5, 0.6) is 11.5 Å². The van der Waals surface area contributed by atoms with Crippen LogP contribution < -0.4 is 9.47 Å². The fraction of sp³-hybridized carbons (Fsp3) is 0.296. The van der Waals surface area contributed by atoms with Gasteiger partial charge in [-0.2, -0.15) is 10.2 Å².